The van der Waals surface area contributed by atoms with Gasteiger partial charge in [0.1, 0.15) is 0 Å². The minimum atomic E-state index is 0. The molecule has 0 bridgehead atoms. The van der Waals surface area contributed by atoms with Crippen molar-refractivity contribution >= 4 is 29.9 Å². The Morgan fingerprint density at radius 3 is 2.47 bits per heavy atom. The lowest BCUT2D eigenvalue weighted by Crippen LogP contribution is -2.52. The zero-order valence-electron chi connectivity index (χ0n) is 12.6. The molecule has 0 saturated carbocycles. The molecule has 1 heterocycles. The fourth-order valence-electron chi connectivity index (χ4n) is 1.91. The van der Waals surface area contributed by atoms with Gasteiger partial charge in [0.05, 0.1) is 19.8 Å². The van der Waals surface area contributed by atoms with Crippen molar-refractivity contribution in [3.63, 3.8) is 0 Å². The summed E-state index contributed by atoms with van der Waals surface area (Å²) in [6.45, 7) is 13.9. The van der Waals surface area contributed by atoms with Gasteiger partial charge < -0.3 is 15.8 Å². The first-order chi connectivity index (χ1) is 8.42. The van der Waals surface area contributed by atoms with E-state index in [-0.39, 0.29) is 29.5 Å². The number of guanidine groups is 1. The van der Waals surface area contributed by atoms with Gasteiger partial charge in [-0.3, -0.25) is 9.89 Å². The van der Waals surface area contributed by atoms with Gasteiger partial charge in [0.25, 0.3) is 0 Å². The summed E-state index contributed by atoms with van der Waals surface area (Å²) in [5.74, 6) is 1.12. The number of halogens is 1. The molecule has 0 aliphatic carbocycles. The molecule has 1 aliphatic rings. The number of hydrogen-bond acceptors (Lipinski definition) is 3. The summed E-state index contributed by atoms with van der Waals surface area (Å²) in [7, 11) is 0. The third kappa shape index (κ3) is 7.31. The third-order valence-electron chi connectivity index (χ3n) is 3.19. The Kier molecular flexibility index (Phi) is 8.93. The Balaban J connectivity index is 0.00000324. The average molecular weight is 384 g/mol. The monoisotopic (exact) mass is 384 g/mol. The predicted octanol–water partition coefficient (Wildman–Crippen LogP) is 1.28. The van der Waals surface area contributed by atoms with E-state index in [4.69, 9.17) is 10.5 Å². The van der Waals surface area contributed by atoms with Crippen LogP contribution in [0.15, 0.2) is 4.99 Å². The molecule has 1 fully saturated rings. The van der Waals surface area contributed by atoms with E-state index in [2.05, 4.69) is 42.9 Å². The lowest BCUT2D eigenvalue weighted by atomic mass is 10.0. The van der Waals surface area contributed by atoms with E-state index in [9.17, 15) is 0 Å². The maximum absolute atomic E-state index is 5.85. The van der Waals surface area contributed by atoms with Crippen LogP contribution < -0.4 is 11.1 Å². The average Bonchev–Trinajstić information content (AvgIpc) is 2.35. The Bertz CT molecular complexity index is 276. The first-order valence-corrected chi connectivity index (χ1v) is 6.78. The van der Waals surface area contributed by atoms with Gasteiger partial charge in [-0.1, -0.05) is 13.8 Å². The van der Waals surface area contributed by atoms with Gasteiger partial charge >= 0.3 is 0 Å². The Hall–Kier alpha value is -0.0800. The zero-order chi connectivity index (χ0) is 13.6. The molecule has 3 N–H and O–H groups in total. The smallest absolute Gasteiger partial charge is 0.188 e. The molecule has 0 aromatic carbocycles. The number of nitrogens with one attached hydrogen (secondary N) is 1. The van der Waals surface area contributed by atoms with E-state index in [0.717, 1.165) is 32.8 Å². The van der Waals surface area contributed by atoms with Crippen LogP contribution in [0, 0.1) is 5.92 Å². The summed E-state index contributed by atoms with van der Waals surface area (Å²) in [4.78, 5) is 6.86. The first kappa shape index (κ1) is 18.9. The normalized spacial score (nSPS) is 18.3. The van der Waals surface area contributed by atoms with Gasteiger partial charge in [-0.05, 0) is 19.8 Å². The van der Waals surface area contributed by atoms with Crippen molar-refractivity contribution in [2.24, 2.45) is 16.6 Å². The number of rotatable bonds is 5. The van der Waals surface area contributed by atoms with E-state index in [1.54, 1.807) is 0 Å². The van der Waals surface area contributed by atoms with Crippen molar-refractivity contribution in [3.05, 3.63) is 0 Å². The number of aliphatic imine (C=N–C) groups is 1. The van der Waals surface area contributed by atoms with Gasteiger partial charge in [-0.25, -0.2) is 0 Å². The highest BCUT2D eigenvalue weighted by molar-refractivity contribution is 14.0. The molecule has 0 spiro atoms. The van der Waals surface area contributed by atoms with Gasteiger partial charge in [-0.2, -0.15) is 0 Å². The molecule has 0 atom stereocenters. The Morgan fingerprint density at radius 2 is 1.95 bits per heavy atom. The fraction of sp³-hybridized carbons (Fsp3) is 0.923. The van der Waals surface area contributed by atoms with Crippen molar-refractivity contribution in [2.75, 3.05) is 39.4 Å². The van der Waals surface area contributed by atoms with Gasteiger partial charge in [0, 0.05) is 25.2 Å². The molecule has 0 unspecified atom stereocenters. The van der Waals surface area contributed by atoms with E-state index >= 15 is 0 Å². The van der Waals surface area contributed by atoms with Crippen LogP contribution in [0.25, 0.3) is 0 Å². The lowest BCUT2D eigenvalue weighted by molar-refractivity contribution is -0.00682. The van der Waals surface area contributed by atoms with Gasteiger partial charge in [-0.15, -0.1) is 24.0 Å². The SMILES string of the molecule is CC(C)CNC(N)=NCC(C)(C)N1CCOCC1.I. The molecule has 1 rings (SSSR count). The van der Waals surface area contributed by atoms with Crippen molar-refractivity contribution in [3.8, 4) is 0 Å². The van der Waals surface area contributed by atoms with Crippen LogP contribution in [0.2, 0.25) is 0 Å². The highest BCUT2D eigenvalue weighted by Gasteiger charge is 2.27. The number of morpholine rings is 1. The second kappa shape index (κ2) is 8.97. The quantitative estimate of drug-likeness (QED) is 0.426. The second-order valence-corrected chi connectivity index (χ2v) is 5.89. The molecule has 19 heavy (non-hydrogen) atoms. The topological polar surface area (TPSA) is 62.9 Å². The lowest BCUT2D eigenvalue weighted by Gasteiger charge is -2.39. The van der Waals surface area contributed by atoms with Crippen molar-refractivity contribution in [2.45, 2.75) is 33.2 Å². The molecule has 0 amide bonds. The van der Waals surface area contributed by atoms with Crippen LogP contribution in [0.5, 0.6) is 0 Å². The molecule has 1 saturated heterocycles. The summed E-state index contributed by atoms with van der Waals surface area (Å²) >= 11 is 0. The van der Waals surface area contributed by atoms with E-state index in [1.807, 2.05) is 0 Å². The molecule has 5 nitrogen and oxygen atoms in total. The zero-order valence-corrected chi connectivity index (χ0v) is 14.9. The third-order valence-corrected chi connectivity index (χ3v) is 3.19. The minimum absolute atomic E-state index is 0. The summed E-state index contributed by atoms with van der Waals surface area (Å²) in [6.07, 6.45) is 0. The van der Waals surface area contributed by atoms with E-state index < -0.39 is 0 Å². The van der Waals surface area contributed by atoms with Crippen LogP contribution in [0.1, 0.15) is 27.7 Å². The molecule has 114 valence electrons. The van der Waals surface area contributed by atoms with Crippen LogP contribution in [0.3, 0.4) is 0 Å². The maximum Gasteiger partial charge on any atom is 0.188 e. The largest absolute Gasteiger partial charge is 0.379 e. The maximum atomic E-state index is 5.85. The molecule has 0 aromatic rings. The summed E-state index contributed by atoms with van der Waals surface area (Å²) < 4.78 is 5.37. The van der Waals surface area contributed by atoms with Crippen LogP contribution >= 0.6 is 24.0 Å². The Morgan fingerprint density at radius 1 is 1.37 bits per heavy atom. The molecular formula is C13H29IN4O. The standard InChI is InChI=1S/C13H28N4O.HI/c1-11(2)9-15-12(14)16-10-13(3,4)17-5-7-18-8-6-17;/h11H,5-10H2,1-4H3,(H3,14,15,16);1H. The number of nitrogens with two attached hydrogens (primary N) is 1. The molecule has 0 aromatic heterocycles. The second-order valence-electron chi connectivity index (χ2n) is 5.89. The predicted molar refractivity (Wildman–Crippen MR) is 91.2 cm³/mol. The first-order valence-electron chi connectivity index (χ1n) is 6.78. The summed E-state index contributed by atoms with van der Waals surface area (Å²) in [5.41, 5.74) is 5.89. The van der Waals surface area contributed by atoms with Crippen LogP contribution in [-0.4, -0.2) is 55.8 Å². The van der Waals surface area contributed by atoms with Gasteiger partial charge in [0.15, 0.2) is 5.96 Å². The molecular weight excluding hydrogens is 355 g/mol. The highest BCUT2D eigenvalue weighted by atomic mass is 127. The highest BCUT2D eigenvalue weighted by Crippen LogP contribution is 2.16. The van der Waals surface area contributed by atoms with Crippen molar-refractivity contribution in [1.82, 2.24) is 10.2 Å². The van der Waals surface area contributed by atoms with E-state index in [0.29, 0.717) is 18.4 Å². The number of hydrogen-bond donors (Lipinski definition) is 2. The molecule has 6 heteroatoms. The van der Waals surface area contributed by atoms with Crippen molar-refractivity contribution in [1.29, 1.82) is 0 Å². The molecule has 1 aliphatic heterocycles. The van der Waals surface area contributed by atoms with Gasteiger partial charge in [0.2, 0.25) is 0 Å². The minimum Gasteiger partial charge on any atom is -0.379 e. The van der Waals surface area contributed by atoms with Crippen LogP contribution in [0.4, 0.5) is 0 Å². The summed E-state index contributed by atoms with van der Waals surface area (Å²) in [5, 5.41) is 3.14. The number of nitrogens with zero attached hydrogens (tertiary/aromatic N) is 2. The summed E-state index contributed by atoms with van der Waals surface area (Å²) in [6, 6.07) is 0. The number of ether oxygens (including phenoxy) is 1. The molecule has 0 radical (unpaired) electrons. The van der Waals surface area contributed by atoms with Crippen molar-refractivity contribution < 1.29 is 4.74 Å². The fourth-order valence-corrected chi connectivity index (χ4v) is 1.91. The Labute approximate surface area is 134 Å². The van der Waals surface area contributed by atoms with Crippen LogP contribution in [-0.2, 0) is 4.74 Å². The van der Waals surface area contributed by atoms with E-state index in [1.165, 1.54) is 0 Å².